The maximum absolute atomic E-state index is 12.3. The summed E-state index contributed by atoms with van der Waals surface area (Å²) >= 11 is 0. The van der Waals surface area contributed by atoms with Gasteiger partial charge in [-0.3, -0.25) is 4.79 Å². The van der Waals surface area contributed by atoms with Crippen LogP contribution in [0.3, 0.4) is 0 Å². The van der Waals surface area contributed by atoms with Crippen LogP contribution in [0.25, 0.3) is 0 Å². The number of halogens is 1. The van der Waals surface area contributed by atoms with Crippen molar-refractivity contribution in [2.45, 2.75) is 39.3 Å². The predicted molar refractivity (Wildman–Crippen MR) is 136 cm³/mol. The Morgan fingerprint density at radius 2 is 1.74 bits per heavy atom. The molecule has 0 aromatic heterocycles. The molecular weight excluding hydrogens is 507 g/mol. The van der Waals surface area contributed by atoms with Gasteiger partial charge in [-0.25, -0.2) is 4.99 Å². The highest BCUT2D eigenvalue weighted by atomic mass is 127. The number of benzene rings is 2. The number of nitrogens with zero attached hydrogens (tertiary/aromatic N) is 1. The summed E-state index contributed by atoms with van der Waals surface area (Å²) in [4.78, 5) is 16.7. The zero-order chi connectivity index (χ0) is 22.1. The normalized spacial score (nSPS) is 11.3. The number of hydrogen-bond donors (Lipinski definition) is 3. The van der Waals surface area contributed by atoms with E-state index in [1.807, 2.05) is 57.2 Å². The number of ether oxygens (including phenoxy) is 2. The molecule has 31 heavy (non-hydrogen) atoms. The van der Waals surface area contributed by atoms with Gasteiger partial charge in [-0.15, -0.1) is 24.0 Å². The lowest BCUT2D eigenvalue weighted by Crippen LogP contribution is -2.40. The fraction of sp³-hybridized carbons (Fsp3) is 0.391. The first-order valence-corrected chi connectivity index (χ1v) is 9.88. The molecule has 0 saturated carbocycles. The van der Waals surface area contributed by atoms with E-state index < -0.39 is 0 Å². The van der Waals surface area contributed by atoms with Crippen molar-refractivity contribution in [1.82, 2.24) is 10.6 Å². The van der Waals surface area contributed by atoms with E-state index in [0.717, 1.165) is 17.5 Å². The Bertz CT molecular complexity index is 895. The predicted octanol–water partition coefficient (Wildman–Crippen LogP) is 3.50. The van der Waals surface area contributed by atoms with E-state index in [9.17, 15) is 4.79 Å². The maximum Gasteiger partial charge on any atom is 0.251 e. The Kier molecular flexibility index (Phi) is 10.6. The largest absolute Gasteiger partial charge is 0.493 e. The zero-order valence-electron chi connectivity index (χ0n) is 18.8. The molecule has 0 atom stereocenters. The first kappa shape index (κ1) is 26.5. The molecule has 2 aromatic rings. The van der Waals surface area contributed by atoms with Gasteiger partial charge in [0.05, 0.1) is 20.8 Å². The number of guanidine groups is 1. The quantitative estimate of drug-likeness (QED) is 0.271. The molecular formula is C23H33IN4O3. The molecule has 1 amide bonds. The van der Waals surface area contributed by atoms with Gasteiger partial charge in [-0.1, -0.05) is 18.2 Å². The fourth-order valence-electron chi connectivity index (χ4n) is 2.83. The van der Waals surface area contributed by atoms with E-state index in [1.165, 1.54) is 0 Å². The first-order valence-electron chi connectivity index (χ1n) is 9.88. The standard InChI is InChI=1S/C23H32N4O3.HI/c1-23(2,3)27-21(28)18-8-6-7-17(13-18)15-26-22(24)25-12-11-16-9-10-19(29-4)20(14-16)30-5;/h6-10,13-14H,11-12,15H2,1-5H3,(H,27,28)(H3,24,25,26);1H. The lowest BCUT2D eigenvalue weighted by Gasteiger charge is -2.20. The van der Waals surface area contributed by atoms with Gasteiger partial charge in [0.25, 0.3) is 5.91 Å². The Labute approximate surface area is 201 Å². The van der Waals surface area contributed by atoms with E-state index in [2.05, 4.69) is 15.6 Å². The molecule has 0 heterocycles. The third-order valence-electron chi connectivity index (χ3n) is 4.28. The van der Waals surface area contributed by atoms with E-state index in [1.54, 1.807) is 20.3 Å². The van der Waals surface area contributed by atoms with Crippen LogP contribution in [0.4, 0.5) is 0 Å². The van der Waals surface area contributed by atoms with Gasteiger partial charge in [-0.05, 0) is 62.6 Å². The number of hydrogen-bond acceptors (Lipinski definition) is 4. The second kappa shape index (κ2) is 12.4. The second-order valence-corrected chi connectivity index (χ2v) is 7.97. The van der Waals surface area contributed by atoms with Crippen LogP contribution in [0.5, 0.6) is 11.5 Å². The summed E-state index contributed by atoms with van der Waals surface area (Å²) in [5, 5.41) is 6.07. The number of carbonyl (C=O) groups is 1. The lowest BCUT2D eigenvalue weighted by molar-refractivity contribution is 0.0919. The number of methoxy groups -OCH3 is 2. The summed E-state index contributed by atoms with van der Waals surface area (Å²) in [6.45, 7) is 6.89. The van der Waals surface area contributed by atoms with Crippen molar-refractivity contribution in [1.29, 1.82) is 0 Å². The molecule has 8 heteroatoms. The zero-order valence-corrected chi connectivity index (χ0v) is 21.2. The molecule has 0 fully saturated rings. The second-order valence-electron chi connectivity index (χ2n) is 7.97. The van der Waals surface area contributed by atoms with Crippen LogP contribution in [-0.4, -0.2) is 38.2 Å². The number of aliphatic imine (C=N–C) groups is 1. The smallest absolute Gasteiger partial charge is 0.251 e. The number of carbonyl (C=O) groups excluding carboxylic acids is 1. The number of nitrogens with one attached hydrogen (secondary N) is 2. The third kappa shape index (κ3) is 9.04. The molecule has 0 bridgehead atoms. The van der Waals surface area contributed by atoms with Gasteiger partial charge in [0.1, 0.15) is 0 Å². The van der Waals surface area contributed by atoms with Gasteiger partial charge in [0.2, 0.25) is 0 Å². The Morgan fingerprint density at radius 3 is 2.39 bits per heavy atom. The summed E-state index contributed by atoms with van der Waals surface area (Å²) < 4.78 is 10.6. The monoisotopic (exact) mass is 540 g/mol. The van der Waals surface area contributed by atoms with E-state index >= 15 is 0 Å². The van der Waals surface area contributed by atoms with Crippen LogP contribution >= 0.6 is 24.0 Å². The minimum atomic E-state index is -0.284. The SMILES string of the molecule is COc1ccc(CCNC(N)=NCc2cccc(C(=O)NC(C)(C)C)c2)cc1OC.I. The lowest BCUT2D eigenvalue weighted by atomic mass is 10.1. The molecule has 4 N–H and O–H groups in total. The van der Waals surface area contributed by atoms with E-state index in [4.69, 9.17) is 15.2 Å². The molecule has 7 nitrogen and oxygen atoms in total. The summed E-state index contributed by atoms with van der Waals surface area (Å²) in [5.74, 6) is 1.66. The van der Waals surface area contributed by atoms with Crippen LogP contribution in [0, 0.1) is 0 Å². The van der Waals surface area contributed by atoms with Crippen molar-refractivity contribution in [2.75, 3.05) is 20.8 Å². The maximum atomic E-state index is 12.3. The average Bonchev–Trinajstić information content (AvgIpc) is 2.71. The van der Waals surface area contributed by atoms with Gasteiger partial charge in [-0.2, -0.15) is 0 Å². The van der Waals surface area contributed by atoms with Crippen LogP contribution in [-0.2, 0) is 13.0 Å². The van der Waals surface area contributed by atoms with Crippen molar-refractivity contribution in [3.05, 3.63) is 59.2 Å². The first-order chi connectivity index (χ1) is 14.2. The van der Waals surface area contributed by atoms with Gasteiger partial charge in [0.15, 0.2) is 17.5 Å². The Morgan fingerprint density at radius 1 is 1.03 bits per heavy atom. The van der Waals surface area contributed by atoms with Crippen LogP contribution < -0.4 is 25.8 Å². The number of nitrogens with two attached hydrogens (primary N) is 1. The molecule has 2 rings (SSSR count). The van der Waals surface area contributed by atoms with Crippen molar-refractivity contribution in [3.63, 3.8) is 0 Å². The van der Waals surface area contributed by atoms with Gasteiger partial charge in [0, 0.05) is 17.6 Å². The van der Waals surface area contributed by atoms with Crippen LogP contribution in [0.15, 0.2) is 47.5 Å². The molecule has 0 saturated heterocycles. The van der Waals surface area contributed by atoms with Crippen molar-refractivity contribution in [2.24, 2.45) is 10.7 Å². The topological polar surface area (TPSA) is 98.0 Å². The van der Waals surface area contributed by atoms with Crippen molar-refractivity contribution >= 4 is 35.8 Å². The number of amides is 1. The van der Waals surface area contributed by atoms with Crippen LogP contribution in [0.1, 0.15) is 42.3 Å². The minimum absolute atomic E-state index is 0. The molecule has 0 aliphatic carbocycles. The molecule has 2 aromatic carbocycles. The summed E-state index contributed by atoms with van der Waals surface area (Å²) in [6.07, 6.45) is 0.763. The molecule has 0 aliphatic rings. The molecule has 0 aliphatic heterocycles. The summed E-state index contributed by atoms with van der Waals surface area (Å²) in [6, 6.07) is 13.2. The Hall–Kier alpha value is -2.49. The molecule has 0 spiro atoms. The van der Waals surface area contributed by atoms with Gasteiger partial charge >= 0.3 is 0 Å². The molecule has 170 valence electrons. The fourth-order valence-corrected chi connectivity index (χ4v) is 2.83. The van der Waals surface area contributed by atoms with Crippen molar-refractivity contribution < 1.29 is 14.3 Å². The van der Waals surface area contributed by atoms with E-state index in [0.29, 0.717) is 36.1 Å². The molecule has 0 unspecified atom stereocenters. The average molecular weight is 540 g/mol. The third-order valence-corrected chi connectivity index (χ3v) is 4.28. The van der Waals surface area contributed by atoms with Crippen LogP contribution in [0.2, 0.25) is 0 Å². The summed E-state index contributed by atoms with van der Waals surface area (Å²) in [5.41, 5.74) is 8.33. The highest BCUT2D eigenvalue weighted by Crippen LogP contribution is 2.27. The number of rotatable bonds is 8. The summed E-state index contributed by atoms with van der Waals surface area (Å²) in [7, 11) is 3.23. The Balaban J connectivity index is 0.00000480. The van der Waals surface area contributed by atoms with E-state index in [-0.39, 0.29) is 35.4 Å². The molecule has 0 radical (unpaired) electrons. The van der Waals surface area contributed by atoms with Gasteiger partial charge < -0.3 is 25.8 Å². The highest BCUT2D eigenvalue weighted by Gasteiger charge is 2.15. The minimum Gasteiger partial charge on any atom is -0.493 e. The highest BCUT2D eigenvalue weighted by molar-refractivity contribution is 14.0. The van der Waals surface area contributed by atoms with Crippen molar-refractivity contribution in [3.8, 4) is 11.5 Å².